The number of hydrogen-bond donors (Lipinski definition) is 2. The average Bonchev–Trinajstić information content (AvgIpc) is 2.24. The summed E-state index contributed by atoms with van der Waals surface area (Å²) in [4.78, 5) is 0. The second kappa shape index (κ2) is 4.81. The van der Waals surface area contributed by atoms with Crippen LogP contribution in [0.5, 0.6) is 0 Å². The second-order valence-electron chi connectivity index (χ2n) is 1.94. The fourth-order valence-corrected chi connectivity index (χ4v) is 0.831. The maximum atomic E-state index is 6.00. The third-order valence-electron chi connectivity index (χ3n) is 1.27. The van der Waals surface area contributed by atoms with E-state index in [1.54, 1.807) is 5.57 Å². The van der Waals surface area contributed by atoms with Crippen molar-refractivity contribution in [2.45, 2.75) is 26.2 Å². The Hall–Kier alpha value is -0.340. The first-order valence-electron chi connectivity index (χ1n) is 2.75. The van der Waals surface area contributed by atoms with Crippen LogP contribution in [0.4, 0.5) is 0 Å². The van der Waals surface area contributed by atoms with Crippen LogP contribution in [0, 0.1) is 0 Å². The van der Waals surface area contributed by atoms with Gasteiger partial charge in [-0.25, -0.2) is 0 Å². The Labute approximate surface area is 49.4 Å². The monoisotopic (exact) mass is 116 g/mol. The lowest BCUT2D eigenvalue weighted by Gasteiger charge is -1.79. The topological polar surface area (TPSA) is 40.5 Å². The number of rotatable bonds is 0. The summed E-state index contributed by atoms with van der Waals surface area (Å²) in [5.41, 5.74) is 1.58. The molecule has 0 amide bonds. The summed E-state index contributed by atoms with van der Waals surface area (Å²) in [6.45, 7) is 2.20. The van der Waals surface area contributed by atoms with Gasteiger partial charge in [0.2, 0.25) is 0 Å². The molecule has 1 rings (SSSR count). The Bertz CT molecular complexity index is 76.6. The van der Waals surface area contributed by atoms with Gasteiger partial charge in [0.1, 0.15) is 0 Å². The molecule has 0 heterocycles. The molecule has 0 unspecified atom stereocenters. The molecule has 0 aliphatic heterocycles. The minimum atomic E-state index is 1.33. The molecule has 0 radical (unpaired) electrons. The van der Waals surface area contributed by atoms with Crippen LogP contribution in [-0.2, 0) is 0 Å². The van der Waals surface area contributed by atoms with Crippen molar-refractivity contribution in [2.24, 2.45) is 0 Å². The highest BCUT2D eigenvalue weighted by Crippen LogP contribution is 2.15. The lowest BCUT2D eigenvalue weighted by atomic mass is 10.3. The van der Waals surface area contributed by atoms with E-state index in [-0.39, 0.29) is 0 Å². The molecule has 2 heteroatoms. The molecule has 8 heavy (non-hydrogen) atoms. The van der Waals surface area contributed by atoms with Gasteiger partial charge in [-0.2, -0.15) is 0 Å². The Morgan fingerprint density at radius 3 is 2.25 bits per heavy atom. The Balaban J connectivity index is 0.000000222. The zero-order chi connectivity index (χ0) is 6.41. The molecular weight excluding hydrogens is 104 g/mol. The van der Waals surface area contributed by atoms with Gasteiger partial charge in [0.25, 0.3) is 0 Å². The van der Waals surface area contributed by atoms with Crippen molar-refractivity contribution in [3.63, 3.8) is 0 Å². The molecule has 0 aromatic carbocycles. The van der Waals surface area contributed by atoms with Gasteiger partial charge >= 0.3 is 0 Å². The van der Waals surface area contributed by atoms with E-state index >= 15 is 0 Å². The predicted octanol–water partition coefficient (Wildman–Crippen LogP) is 2.13. The van der Waals surface area contributed by atoms with Crippen molar-refractivity contribution >= 4 is 0 Å². The van der Waals surface area contributed by atoms with Crippen LogP contribution in [0.2, 0.25) is 0 Å². The van der Waals surface area contributed by atoms with Gasteiger partial charge in [-0.05, 0) is 26.2 Å². The van der Waals surface area contributed by atoms with Gasteiger partial charge < -0.3 is 0 Å². The highest BCUT2D eigenvalue weighted by molar-refractivity contribution is 5.02. The van der Waals surface area contributed by atoms with E-state index in [0.717, 1.165) is 0 Å². The standard InChI is InChI=1S/C6H10.H2O2/c1-6-4-2-3-5-6;1-2/h4H,2-3,5H2,1H3;1-2H. The van der Waals surface area contributed by atoms with E-state index in [0.29, 0.717) is 0 Å². The van der Waals surface area contributed by atoms with Gasteiger partial charge in [-0.15, -0.1) is 0 Å². The Morgan fingerprint density at radius 1 is 1.50 bits per heavy atom. The third kappa shape index (κ3) is 2.77. The second-order valence-corrected chi connectivity index (χ2v) is 1.94. The molecule has 2 nitrogen and oxygen atoms in total. The maximum Gasteiger partial charge on any atom is -0.0320 e. The molecule has 1 aliphatic rings. The van der Waals surface area contributed by atoms with Gasteiger partial charge in [-0.1, -0.05) is 11.6 Å². The Morgan fingerprint density at radius 2 is 2.12 bits per heavy atom. The van der Waals surface area contributed by atoms with Crippen LogP contribution in [0.15, 0.2) is 11.6 Å². The molecule has 0 saturated carbocycles. The molecule has 0 bridgehead atoms. The highest BCUT2D eigenvalue weighted by Gasteiger charge is 1.94. The molecule has 48 valence electrons. The summed E-state index contributed by atoms with van der Waals surface area (Å²) in [5.74, 6) is 0. The SMILES string of the molecule is CC1=CCCC1.OO. The first kappa shape index (κ1) is 7.66. The van der Waals surface area contributed by atoms with E-state index in [9.17, 15) is 0 Å². The summed E-state index contributed by atoms with van der Waals surface area (Å²) in [7, 11) is 0. The van der Waals surface area contributed by atoms with Crippen molar-refractivity contribution < 1.29 is 10.5 Å². The first-order valence-corrected chi connectivity index (χ1v) is 2.75. The van der Waals surface area contributed by atoms with Crippen molar-refractivity contribution in [3.8, 4) is 0 Å². The van der Waals surface area contributed by atoms with Gasteiger partial charge in [-0.3, -0.25) is 10.5 Å². The third-order valence-corrected chi connectivity index (χ3v) is 1.27. The first-order chi connectivity index (χ1) is 3.89. The average molecular weight is 116 g/mol. The number of hydrogen-bond acceptors (Lipinski definition) is 2. The summed E-state index contributed by atoms with van der Waals surface area (Å²) < 4.78 is 0. The van der Waals surface area contributed by atoms with Crippen molar-refractivity contribution in [1.29, 1.82) is 0 Å². The van der Waals surface area contributed by atoms with Gasteiger partial charge in [0.05, 0.1) is 0 Å². The molecule has 0 atom stereocenters. The number of allylic oxidation sites excluding steroid dienone is 2. The van der Waals surface area contributed by atoms with Gasteiger partial charge in [0, 0.05) is 0 Å². The van der Waals surface area contributed by atoms with E-state index in [1.165, 1.54) is 19.3 Å². The highest BCUT2D eigenvalue weighted by atomic mass is 17.0. The lowest BCUT2D eigenvalue weighted by Crippen LogP contribution is -1.59. The molecule has 0 aromatic heterocycles. The maximum absolute atomic E-state index is 6.00. The smallest absolute Gasteiger partial charge is 0.0320 e. The van der Waals surface area contributed by atoms with Crippen LogP contribution in [-0.4, -0.2) is 10.5 Å². The van der Waals surface area contributed by atoms with Gasteiger partial charge in [0.15, 0.2) is 0 Å². The summed E-state index contributed by atoms with van der Waals surface area (Å²) in [6.07, 6.45) is 6.39. The van der Waals surface area contributed by atoms with Crippen LogP contribution in [0.3, 0.4) is 0 Å². The van der Waals surface area contributed by atoms with E-state index in [2.05, 4.69) is 13.0 Å². The largest absolute Gasteiger partial charge is 0.255 e. The van der Waals surface area contributed by atoms with Crippen molar-refractivity contribution in [1.82, 2.24) is 0 Å². The molecule has 1 aliphatic carbocycles. The normalized spacial score (nSPS) is 16.6. The Kier molecular flexibility index (Phi) is 4.61. The van der Waals surface area contributed by atoms with Crippen LogP contribution in [0.25, 0.3) is 0 Å². The molecule has 0 fully saturated rings. The molecule has 0 saturated heterocycles. The molecule has 0 aromatic rings. The zero-order valence-corrected chi connectivity index (χ0v) is 5.09. The predicted molar refractivity (Wildman–Crippen MR) is 32.9 cm³/mol. The zero-order valence-electron chi connectivity index (χ0n) is 5.09. The summed E-state index contributed by atoms with van der Waals surface area (Å²) >= 11 is 0. The van der Waals surface area contributed by atoms with Crippen molar-refractivity contribution in [2.75, 3.05) is 0 Å². The lowest BCUT2D eigenvalue weighted by molar-refractivity contribution is -0.176. The van der Waals surface area contributed by atoms with Crippen molar-refractivity contribution in [3.05, 3.63) is 11.6 Å². The minimum Gasteiger partial charge on any atom is -0.255 e. The van der Waals surface area contributed by atoms with E-state index in [4.69, 9.17) is 10.5 Å². The van der Waals surface area contributed by atoms with E-state index in [1.807, 2.05) is 0 Å². The van der Waals surface area contributed by atoms with Crippen LogP contribution in [0.1, 0.15) is 26.2 Å². The minimum absolute atomic E-state index is 1.33. The fourth-order valence-electron chi connectivity index (χ4n) is 0.831. The fraction of sp³-hybridized carbons (Fsp3) is 0.667. The molecule has 2 N–H and O–H groups in total. The molecular formula is C6H12O2. The quantitative estimate of drug-likeness (QED) is 0.289. The molecule has 0 spiro atoms. The van der Waals surface area contributed by atoms with Crippen LogP contribution >= 0.6 is 0 Å². The summed E-state index contributed by atoms with van der Waals surface area (Å²) in [5, 5.41) is 12.0. The summed E-state index contributed by atoms with van der Waals surface area (Å²) in [6, 6.07) is 0. The van der Waals surface area contributed by atoms with E-state index < -0.39 is 0 Å². The van der Waals surface area contributed by atoms with Crippen LogP contribution < -0.4 is 0 Å².